The molecule has 0 amide bonds. The highest BCUT2D eigenvalue weighted by atomic mass is 79.9. The molecule has 0 spiro atoms. The molecule has 144 valence electrons. The summed E-state index contributed by atoms with van der Waals surface area (Å²) in [5.74, 6) is 0. The van der Waals surface area contributed by atoms with Crippen molar-refractivity contribution in [1.82, 2.24) is 4.90 Å². The summed E-state index contributed by atoms with van der Waals surface area (Å²) in [4.78, 5) is 2.68. The van der Waals surface area contributed by atoms with Crippen molar-refractivity contribution in [3.63, 3.8) is 0 Å². The van der Waals surface area contributed by atoms with E-state index in [1.807, 2.05) is 37.3 Å². The number of morpholine rings is 1. The molecule has 0 saturated carbocycles. The summed E-state index contributed by atoms with van der Waals surface area (Å²) in [5.41, 5.74) is 2.89. The Morgan fingerprint density at radius 3 is 2.41 bits per heavy atom. The van der Waals surface area contributed by atoms with Crippen LogP contribution in [0.4, 0.5) is 5.69 Å². The van der Waals surface area contributed by atoms with Gasteiger partial charge in [0.15, 0.2) is 0 Å². The zero-order valence-electron chi connectivity index (χ0n) is 15.2. The van der Waals surface area contributed by atoms with Gasteiger partial charge < -0.3 is 4.74 Å². The van der Waals surface area contributed by atoms with Crippen LogP contribution in [0.1, 0.15) is 17.2 Å². The number of para-hydroxylation sites is 1. The third-order valence-electron chi connectivity index (χ3n) is 5.33. The molecular formula is C20H23BrN2O3S. The summed E-state index contributed by atoms with van der Waals surface area (Å²) >= 11 is 3.60. The van der Waals surface area contributed by atoms with Gasteiger partial charge in [0.2, 0.25) is 0 Å². The zero-order valence-corrected chi connectivity index (χ0v) is 17.6. The van der Waals surface area contributed by atoms with Crippen molar-refractivity contribution in [2.75, 3.05) is 35.9 Å². The minimum Gasteiger partial charge on any atom is -0.379 e. The number of sulfonamides is 1. The van der Waals surface area contributed by atoms with Gasteiger partial charge in [-0.1, -0.05) is 51.8 Å². The smallest absolute Gasteiger partial charge is 0.264 e. The highest BCUT2D eigenvalue weighted by molar-refractivity contribution is 9.09. The van der Waals surface area contributed by atoms with E-state index in [0.29, 0.717) is 23.4 Å². The maximum atomic E-state index is 13.6. The van der Waals surface area contributed by atoms with Crippen molar-refractivity contribution in [1.29, 1.82) is 0 Å². The fraction of sp³-hybridized carbons (Fsp3) is 0.400. The molecule has 1 fully saturated rings. The number of halogens is 1. The van der Waals surface area contributed by atoms with Gasteiger partial charge in [0.25, 0.3) is 10.0 Å². The number of ether oxygens (including phenoxy) is 1. The van der Waals surface area contributed by atoms with Gasteiger partial charge in [0, 0.05) is 18.4 Å². The van der Waals surface area contributed by atoms with Crippen molar-refractivity contribution < 1.29 is 13.2 Å². The highest BCUT2D eigenvalue weighted by Gasteiger charge is 2.46. The summed E-state index contributed by atoms with van der Waals surface area (Å²) in [5, 5.41) is 0.564. The van der Waals surface area contributed by atoms with E-state index in [1.54, 1.807) is 16.4 Å². The van der Waals surface area contributed by atoms with E-state index >= 15 is 0 Å². The molecule has 4 rings (SSSR count). The van der Waals surface area contributed by atoms with Crippen LogP contribution in [0.5, 0.6) is 0 Å². The molecular weight excluding hydrogens is 428 g/mol. The average Bonchev–Trinajstić information content (AvgIpc) is 3.04. The van der Waals surface area contributed by atoms with Gasteiger partial charge >= 0.3 is 0 Å². The highest BCUT2D eigenvalue weighted by Crippen LogP contribution is 2.46. The Bertz CT molecular complexity index is 911. The predicted octanol–water partition coefficient (Wildman–Crippen LogP) is 3.34. The quantitative estimate of drug-likeness (QED) is 0.670. The fourth-order valence-corrected chi connectivity index (χ4v) is 6.54. The SMILES string of the molecule is Cc1ccc(S(=O)(=O)N2c3ccccc3[C@@H](N3CCOCC3)[C@@H]2CBr)cc1. The summed E-state index contributed by atoms with van der Waals surface area (Å²) in [6, 6.07) is 14.8. The van der Waals surface area contributed by atoms with Gasteiger partial charge in [-0.2, -0.15) is 0 Å². The lowest BCUT2D eigenvalue weighted by Crippen LogP contribution is -2.48. The number of hydrogen-bond donors (Lipinski definition) is 0. The first-order chi connectivity index (χ1) is 13.0. The van der Waals surface area contributed by atoms with Crippen LogP contribution in [0.25, 0.3) is 0 Å². The maximum Gasteiger partial charge on any atom is 0.264 e. The Balaban J connectivity index is 1.81. The lowest BCUT2D eigenvalue weighted by atomic mass is 10.0. The third-order valence-corrected chi connectivity index (χ3v) is 7.85. The third kappa shape index (κ3) is 3.31. The molecule has 27 heavy (non-hydrogen) atoms. The number of alkyl halides is 1. The molecule has 2 atom stereocenters. The Morgan fingerprint density at radius 1 is 1.07 bits per heavy atom. The van der Waals surface area contributed by atoms with Gasteiger partial charge in [0.05, 0.1) is 35.9 Å². The van der Waals surface area contributed by atoms with Crippen LogP contribution in [-0.2, 0) is 14.8 Å². The molecule has 1 saturated heterocycles. The van der Waals surface area contributed by atoms with Crippen LogP contribution in [-0.4, -0.2) is 51.0 Å². The Morgan fingerprint density at radius 2 is 1.74 bits per heavy atom. The summed E-state index contributed by atoms with van der Waals surface area (Å²) in [6.07, 6.45) is 0. The normalized spacial score (nSPS) is 23.4. The number of aryl methyl sites for hydroxylation is 1. The van der Waals surface area contributed by atoms with Crippen LogP contribution < -0.4 is 4.31 Å². The largest absolute Gasteiger partial charge is 0.379 e. The zero-order chi connectivity index (χ0) is 19.0. The maximum absolute atomic E-state index is 13.6. The Hall–Kier alpha value is -1.41. The van der Waals surface area contributed by atoms with Crippen LogP contribution in [0, 0.1) is 6.92 Å². The molecule has 0 unspecified atom stereocenters. The van der Waals surface area contributed by atoms with E-state index in [9.17, 15) is 8.42 Å². The monoisotopic (exact) mass is 450 g/mol. The first-order valence-corrected chi connectivity index (χ1v) is 11.7. The van der Waals surface area contributed by atoms with Gasteiger partial charge in [-0.05, 0) is 30.7 Å². The van der Waals surface area contributed by atoms with Crippen LogP contribution in [0.3, 0.4) is 0 Å². The van der Waals surface area contributed by atoms with Gasteiger partial charge in [-0.3, -0.25) is 9.21 Å². The lowest BCUT2D eigenvalue weighted by Gasteiger charge is -2.37. The van der Waals surface area contributed by atoms with Crippen LogP contribution in [0.15, 0.2) is 53.4 Å². The summed E-state index contributed by atoms with van der Waals surface area (Å²) in [7, 11) is -3.66. The molecule has 2 aromatic rings. The van der Waals surface area contributed by atoms with E-state index in [-0.39, 0.29) is 12.1 Å². The minimum absolute atomic E-state index is 0.0182. The van der Waals surface area contributed by atoms with Crippen LogP contribution in [0.2, 0.25) is 0 Å². The molecule has 2 aromatic carbocycles. The molecule has 2 aliphatic rings. The molecule has 0 aliphatic carbocycles. The first-order valence-electron chi connectivity index (χ1n) is 9.12. The lowest BCUT2D eigenvalue weighted by molar-refractivity contribution is 0.0145. The van der Waals surface area contributed by atoms with E-state index in [0.717, 1.165) is 29.9 Å². The number of fused-ring (bicyclic) bond motifs is 1. The van der Waals surface area contributed by atoms with Crippen molar-refractivity contribution in [2.24, 2.45) is 0 Å². The second kappa shape index (κ2) is 7.54. The molecule has 0 N–H and O–H groups in total. The summed E-state index contributed by atoms with van der Waals surface area (Å²) in [6.45, 7) is 4.93. The molecule has 2 aliphatic heterocycles. The molecule has 0 bridgehead atoms. The van der Waals surface area contributed by atoms with Crippen molar-refractivity contribution >= 4 is 31.6 Å². The molecule has 0 aromatic heterocycles. The second-order valence-electron chi connectivity index (χ2n) is 6.99. The van der Waals surface area contributed by atoms with E-state index < -0.39 is 10.0 Å². The predicted molar refractivity (Wildman–Crippen MR) is 110 cm³/mol. The summed E-state index contributed by atoms with van der Waals surface area (Å²) < 4.78 is 34.3. The first kappa shape index (κ1) is 18.9. The van der Waals surface area contributed by atoms with Gasteiger partial charge in [-0.25, -0.2) is 8.42 Å². The van der Waals surface area contributed by atoms with Crippen LogP contribution >= 0.6 is 15.9 Å². The average molecular weight is 451 g/mol. The van der Waals surface area contributed by atoms with E-state index in [1.165, 1.54) is 0 Å². The van der Waals surface area contributed by atoms with E-state index in [4.69, 9.17) is 4.74 Å². The van der Waals surface area contributed by atoms with Crippen molar-refractivity contribution in [2.45, 2.75) is 23.9 Å². The number of hydrogen-bond acceptors (Lipinski definition) is 4. The topological polar surface area (TPSA) is 49.9 Å². The fourth-order valence-electron chi connectivity index (χ4n) is 4.03. The molecule has 7 heteroatoms. The van der Waals surface area contributed by atoms with Crippen molar-refractivity contribution in [3.05, 3.63) is 59.7 Å². The van der Waals surface area contributed by atoms with Gasteiger partial charge in [0.1, 0.15) is 0 Å². The van der Waals surface area contributed by atoms with Gasteiger partial charge in [-0.15, -0.1) is 0 Å². The number of nitrogens with zero attached hydrogens (tertiary/aromatic N) is 2. The standard InChI is InChI=1S/C20H23BrN2O3S/c1-15-6-8-16(9-7-15)27(24,25)23-18-5-3-2-4-17(18)20(19(23)14-21)22-10-12-26-13-11-22/h2-9,19-20H,10-14H2,1H3/t19-,20+/m0/s1. The number of anilines is 1. The van der Waals surface area contributed by atoms with E-state index in [2.05, 4.69) is 26.9 Å². The number of rotatable bonds is 4. The Kier molecular flexibility index (Phi) is 5.29. The Labute approximate surface area is 169 Å². The minimum atomic E-state index is -3.66. The number of benzene rings is 2. The van der Waals surface area contributed by atoms with Crippen molar-refractivity contribution in [3.8, 4) is 0 Å². The molecule has 0 radical (unpaired) electrons. The molecule has 2 heterocycles. The second-order valence-corrected chi connectivity index (χ2v) is 9.45. The molecule has 5 nitrogen and oxygen atoms in total.